The zero-order chi connectivity index (χ0) is 30.1. The summed E-state index contributed by atoms with van der Waals surface area (Å²) in [5.41, 5.74) is -2.36. The monoisotopic (exact) mass is 656 g/mol. The Morgan fingerprint density at radius 2 is 1.07 bits per heavy atom. The summed E-state index contributed by atoms with van der Waals surface area (Å²) in [4.78, 5) is 11.2. The summed E-state index contributed by atoms with van der Waals surface area (Å²) >= 11 is 12.5. The van der Waals surface area contributed by atoms with Gasteiger partial charge < -0.3 is 27.4 Å². The maximum atomic E-state index is 11.2. The number of hydrogen-bond acceptors (Lipinski definition) is 10. The molecule has 0 saturated carbocycles. The second-order valence-corrected chi connectivity index (χ2v) is 17.9. The second-order valence-electron chi connectivity index (χ2n) is 8.80. The molecule has 3 rings (SSSR count). The third kappa shape index (κ3) is 15.2. The lowest BCUT2D eigenvalue weighted by atomic mass is 10.3. The van der Waals surface area contributed by atoms with E-state index in [1.54, 1.807) is 6.92 Å². The molecular weight excluding hydrogens is 618 g/mol. The van der Waals surface area contributed by atoms with Crippen molar-refractivity contribution >= 4 is 53.4 Å². The molecule has 0 N–H and O–H groups in total. The average Bonchev–Trinajstić information content (AvgIpc) is 2.89. The third-order valence-corrected chi connectivity index (χ3v) is 11.9. The van der Waals surface area contributed by atoms with Crippen LogP contribution in [0.3, 0.4) is 0 Å². The minimum atomic E-state index is -3.05. The molecule has 0 atom stereocenters. The molecular formula is C29H38O7P2S3. The zero-order valence-corrected chi connectivity index (χ0v) is 28.2. The molecule has 0 heterocycles. The van der Waals surface area contributed by atoms with E-state index in [0.29, 0.717) is 36.0 Å². The maximum Gasteiger partial charge on any atom is 0.490 e. The quantitative estimate of drug-likeness (QED) is 0.117. The largest absolute Gasteiger partial charge is 0.490 e. The van der Waals surface area contributed by atoms with Crippen molar-refractivity contribution in [3.63, 3.8) is 0 Å². The van der Waals surface area contributed by atoms with Crippen LogP contribution in [0.25, 0.3) is 0 Å². The maximum absolute atomic E-state index is 11.2. The number of ether oxygens (including phenoxy) is 1. The van der Waals surface area contributed by atoms with E-state index < -0.39 is 12.4 Å². The summed E-state index contributed by atoms with van der Waals surface area (Å²) in [7, 11) is 0. The predicted octanol–water partition coefficient (Wildman–Crippen LogP) is 9.20. The summed E-state index contributed by atoms with van der Waals surface area (Å²) in [6, 6.07) is 27.9. The Morgan fingerprint density at radius 3 is 1.39 bits per heavy atom. The van der Waals surface area contributed by atoms with Gasteiger partial charge in [0.25, 0.3) is 0 Å². The number of para-hydroxylation sites is 3. The minimum absolute atomic E-state index is 0.0182. The molecule has 0 amide bonds. The highest BCUT2D eigenvalue weighted by molar-refractivity contribution is 8.67. The van der Waals surface area contributed by atoms with Crippen molar-refractivity contribution in [3.8, 4) is 17.2 Å². The van der Waals surface area contributed by atoms with Gasteiger partial charge in [0.2, 0.25) is 5.69 Å². The van der Waals surface area contributed by atoms with Crippen LogP contribution >= 0.6 is 23.8 Å². The molecule has 0 saturated heterocycles. The molecule has 0 unspecified atom stereocenters. The van der Waals surface area contributed by atoms with Crippen LogP contribution in [-0.4, -0.2) is 30.5 Å². The van der Waals surface area contributed by atoms with E-state index in [9.17, 15) is 4.79 Å². The number of benzene rings is 3. The van der Waals surface area contributed by atoms with Crippen molar-refractivity contribution in [2.24, 2.45) is 0 Å². The first kappa shape index (κ1) is 35.3. The van der Waals surface area contributed by atoms with Crippen molar-refractivity contribution in [1.29, 1.82) is 0 Å². The van der Waals surface area contributed by atoms with Gasteiger partial charge in [-0.1, -0.05) is 66.0 Å². The molecule has 0 bridgehead atoms. The van der Waals surface area contributed by atoms with Gasteiger partial charge in [-0.15, -0.1) is 0 Å². The summed E-state index contributed by atoms with van der Waals surface area (Å²) in [6.45, 7) is 6.85. The molecule has 3 aromatic carbocycles. The Morgan fingerprint density at radius 1 is 0.707 bits per heavy atom. The molecule has 0 aliphatic carbocycles. The van der Waals surface area contributed by atoms with Crippen molar-refractivity contribution in [1.82, 2.24) is 0 Å². The highest BCUT2D eigenvalue weighted by Gasteiger charge is 2.27. The standard InChI is InChI=1S/C18H15O3PS.C11H23O4PS2/c23-22(19-16-10-4-1-5-11-16,20-17-12-6-2-7-13-17)21-18-14-8-3-9-15-18;1-6-13-11(12)7-8-18-16(17,14-9(2)3)15-10(4)5/h1-15H;9-10H,6-8H2,1-5H3. The van der Waals surface area contributed by atoms with Gasteiger partial charge in [-0.05, 0) is 82.8 Å². The molecule has 0 spiro atoms. The number of esters is 1. The zero-order valence-electron chi connectivity index (χ0n) is 23.9. The lowest BCUT2D eigenvalue weighted by molar-refractivity contribution is -0.142. The summed E-state index contributed by atoms with van der Waals surface area (Å²) in [6.07, 6.45) is 0.370. The first-order valence-corrected chi connectivity index (χ1v) is 19.9. The molecule has 0 fully saturated rings. The van der Waals surface area contributed by atoms with E-state index in [-0.39, 0.29) is 18.2 Å². The fourth-order valence-corrected chi connectivity index (χ4v) is 10.7. The van der Waals surface area contributed by atoms with Gasteiger partial charge in [-0.2, -0.15) is 0 Å². The molecule has 0 aromatic heterocycles. The van der Waals surface area contributed by atoms with Crippen LogP contribution in [0.4, 0.5) is 0 Å². The first-order chi connectivity index (χ1) is 19.5. The summed E-state index contributed by atoms with van der Waals surface area (Å²) in [5.74, 6) is 2.20. The normalized spacial score (nSPS) is 11.4. The molecule has 41 heavy (non-hydrogen) atoms. The molecule has 0 aliphatic rings. The Balaban J connectivity index is 0.000000298. The van der Waals surface area contributed by atoms with E-state index in [4.69, 9.17) is 51.0 Å². The molecule has 0 radical (unpaired) electrons. The number of carbonyl (C=O) groups excluding carboxylic acids is 1. The van der Waals surface area contributed by atoms with Crippen LogP contribution in [0, 0.1) is 0 Å². The predicted molar refractivity (Wildman–Crippen MR) is 176 cm³/mol. The molecule has 0 aliphatic heterocycles. The Hall–Kier alpha value is -1.90. The fraction of sp³-hybridized carbons (Fsp3) is 0.345. The number of rotatable bonds is 15. The number of hydrogen-bond donors (Lipinski definition) is 0. The second kappa shape index (κ2) is 18.6. The van der Waals surface area contributed by atoms with Crippen LogP contribution in [0.1, 0.15) is 41.0 Å². The van der Waals surface area contributed by atoms with Crippen molar-refractivity contribution < 1.29 is 32.2 Å². The summed E-state index contributed by atoms with van der Waals surface area (Å²) in [5, 5.41) is 0. The molecule has 224 valence electrons. The van der Waals surface area contributed by atoms with E-state index in [2.05, 4.69) is 0 Å². The fourth-order valence-electron chi connectivity index (χ4n) is 2.96. The number of carbonyl (C=O) groups is 1. The van der Waals surface area contributed by atoms with Crippen molar-refractivity contribution in [2.75, 3.05) is 12.4 Å². The third-order valence-electron chi connectivity index (χ3n) is 4.42. The van der Waals surface area contributed by atoms with Gasteiger partial charge in [0, 0.05) is 17.6 Å². The van der Waals surface area contributed by atoms with Crippen LogP contribution in [0.15, 0.2) is 91.0 Å². The average molecular weight is 657 g/mol. The van der Waals surface area contributed by atoms with Gasteiger partial charge in [0.15, 0.2) is 0 Å². The highest BCUT2D eigenvalue weighted by atomic mass is 32.9. The molecule has 12 heteroatoms. The lowest BCUT2D eigenvalue weighted by Crippen LogP contribution is -2.08. The molecule has 3 aromatic rings. The van der Waals surface area contributed by atoms with Crippen molar-refractivity contribution in [2.45, 2.75) is 53.2 Å². The lowest BCUT2D eigenvalue weighted by Gasteiger charge is -2.25. The van der Waals surface area contributed by atoms with Crippen LogP contribution < -0.4 is 13.6 Å². The van der Waals surface area contributed by atoms with Gasteiger partial charge in [-0.25, -0.2) is 0 Å². The van der Waals surface area contributed by atoms with Crippen molar-refractivity contribution in [3.05, 3.63) is 91.0 Å². The Bertz CT molecular complexity index is 1120. The highest BCUT2D eigenvalue weighted by Crippen LogP contribution is 2.62. The summed E-state index contributed by atoms with van der Waals surface area (Å²) < 4.78 is 33.9. The Kier molecular flexibility index (Phi) is 16.0. The van der Waals surface area contributed by atoms with Crippen LogP contribution in [0.2, 0.25) is 0 Å². The van der Waals surface area contributed by atoms with E-state index in [1.165, 1.54) is 11.4 Å². The van der Waals surface area contributed by atoms with Gasteiger partial charge in [0.1, 0.15) is 17.2 Å². The molecule has 7 nitrogen and oxygen atoms in total. The Labute approximate surface area is 258 Å². The SMILES string of the molecule is CCOC(=O)CCSP(=S)(OC(C)C)OC(C)C.S=P(Oc1ccccc1)(Oc1ccccc1)Oc1ccccc1. The van der Waals surface area contributed by atoms with E-state index >= 15 is 0 Å². The van der Waals surface area contributed by atoms with E-state index in [1.807, 2.05) is 119 Å². The van der Waals surface area contributed by atoms with Crippen LogP contribution in [-0.2, 0) is 42.2 Å². The van der Waals surface area contributed by atoms with E-state index in [0.717, 1.165) is 0 Å². The minimum Gasteiger partial charge on any atom is -0.466 e. The smallest absolute Gasteiger partial charge is 0.466 e. The van der Waals surface area contributed by atoms with Gasteiger partial charge in [0.05, 0.1) is 25.2 Å². The topological polar surface area (TPSA) is 72.5 Å². The van der Waals surface area contributed by atoms with Gasteiger partial charge in [-0.3, -0.25) is 4.79 Å². The van der Waals surface area contributed by atoms with Gasteiger partial charge >= 0.3 is 12.7 Å². The first-order valence-electron chi connectivity index (χ1n) is 13.1. The van der Waals surface area contributed by atoms with Crippen LogP contribution in [0.5, 0.6) is 17.2 Å².